The lowest BCUT2D eigenvalue weighted by atomic mass is 10.1. The topological polar surface area (TPSA) is 67.4 Å². The van der Waals surface area contributed by atoms with Crippen LogP contribution < -0.4 is 10.6 Å². The first kappa shape index (κ1) is 16.7. The Labute approximate surface area is 145 Å². The second kappa shape index (κ2) is 8.08. The minimum absolute atomic E-state index is 0.0922. The van der Waals surface area contributed by atoms with Gasteiger partial charge in [0.25, 0.3) is 5.91 Å². The molecule has 2 N–H and O–H groups in total. The molecule has 1 aliphatic heterocycles. The van der Waals surface area contributed by atoms with Crippen molar-refractivity contribution in [3.63, 3.8) is 0 Å². The van der Waals surface area contributed by atoms with Gasteiger partial charge in [-0.2, -0.15) is 0 Å². The largest absolute Gasteiger partial charge is 0.376 e. The summed E-state index contributed by atoms with van der Waals surface area (Å²) in [6, 6.07) is 10.9. The monoisotopic (exact) mass is 344 g/mol. The highest BCUT2D eigenvalue weighted by molar-refractivity contribution is 7.10. The van der Waals surface area contributed by atoms with Gasteiger partial charge in [0, 0.05) is 18.0 Å². The standard InChI is InChI=1S/C18H20N2O3S/c21-17(11-14-6-4-10-24-14)20-16-8-2-1-7-15(16)18(22)19-12-13-5-3-9-23-13/h1-2,4,6-8,10,13H,3,5,9,11-12H2,(H,19,22)(H,20,21). The van der Waals surface area contributed by atoms with E-state index in [1.807, 2.05) is 17.5 Å². The smallest absolute Gasteiger partial charge is 0.253 e. The summed E-state index contributed by atoms with van der Waals surface area (Å²) in [5.41, 5.74) is 0.999. The van der Waals surface area contributed by atoms with Crippen LogP contribution in [0.2, 0.25) is 0 Å². The number of anilines is 1. The van der Waals surface area contributed by atoms with Gasteiger partial charge in [-0.3, -0.25) is 9.59 Å². The second-order valence-electron chi connectivity index (χ2n) is 5.69. The zero-order valence-corrected chi connectivity index (χ0v) is 14.1. The summed E-state index contributed by atoms with van der Waals surface area (Å²) in [5, 5.41) is 7.66. The van der Waals surface area contributed by atoms with E-state index in [1.54, 1.807) is 35.6 Å². The zero-order valence-electron chi connectivity index (χ0n) is 13.3. The number of ether oxygens (including phenoxy) is 1. The molecule has 2 amide bonds. The van der Waals surface area contributed by atoms with Crippen molar-refractivity contribution in [1.82, 2.24) is 5.32 Å². The number of para-hydroxylation sites is 1. The molecule has 1 aromatic heterocycles. The second-order valence-corrected chi connectivity index (χ2v) is 6.73. The summed E-state index contributed by atoms with van der Waals surface area (Å²) >= 11 is 1.54. The highest BCUT2D eigenvalue weighted by Gasteiger charge is 2.18. The summed E-state index contributed by atoms with van der Waals surface area (Å²) in [7, 11) is 0. The third kappa shape index (κ3) is 4.43. The van der Waals surface area contributed by atoms with E-state index in [4.69, 9.17) is 4.74 Å². The van der Waals surface area contributed by atoms with Crippen LogP contribution in [-0.4, -0.2) is 31.1 Å². The molecule has 0 saturated carbocycles. The van der Waals surface area contributed by atoms with Gasteiger partial charge in [0.15, 0.2) is 0 Å². The lowest BCUT2D eigenvalue weighted by Gasteiger charge is -2.13. The predicted octanol–water partition coefficient (Wildman–Crippen LogP) is 2.84. The molecule has 2 aromatic rings. The highest BCUT2D eigenvalue weighted by Crippen LogP contribution is 2.17. The number of nitrogens with one attached hydrogen (secondary N) is 2. The molecule has 3 rings (SSSR count). The van der Waals surface area contributed by atoms with Crippen LogP contribution in [0.3, 0.4) is 0 Å². The van der Waals surface area contributed by atoms with Crippen molar-refractivity contribution in [3.05, 3.63) is 52.2 Å². The number of hydrogen-bond donors (Lipinski definition) is 2. The van der Waals surface area contributed by atoms with Gasteiger partial charge in [-0.1, -0.05) is 18.2 Å². The lowest BCUT2D eigenvalue weighted by Crippen LogP contribution is -2.32. The SMILES string of the molecule is O=C(Cc1cccs1)Nc1ccccc1C(=O)NCC1CCCO1. The van der Waals surface area contributed by atoms with E-state index >= 15 is 0 Å². The Kier molecular flexibility index (Phi) is 5.61. The molecule has 1 fully saturated rings. The van der Waals surface area contributed by atoms with Gasteiger partial charge < -0.3 is 15.4 Å². The van der Waals surface area contributed by atoms with Gasteiger partial charge in [0.05, 0.1) is 23.8 Å². The summed E-state index contributed by atoms with van der Waals surface area (Å²) < 4.78 is 5.51. The first-order valence-corrected chi connectivity index (χ1v) is 8.91. The van der Waals surface area contributed by atoms with Crippen LogP contribution in [0.25, 0.3) is 0 Å². The van der Waals surface area contributed by atoms with Crippen molar-refractivity contribution in [2.45, 2.75) is 25.4 Å². The molecular formula is C18H20N2O3S. The first-order chi connectivity index (χ1) is 11.7. The number of benzene rings is 1. The van der Waals surface area contributed by atoms with E-state index < -0.39 is 0 Å². The number of hydrogen-bond acceptors (Lipinski definition) is 4. The molecule has 1 aromatic carbocycles. The van der Waals surface area contributed by atoms with Gasteiger partial charge >= 0.3 is 0 Å². The fourth-order valence-corrected chi connectivity index (χ4v) is 3.37. The normalized spacial score (nSPS) is 16.8. The molecular weight excluding hydrogens is 324 g/mol. The Morgan fingerprint density at radius 2 is 2.08 bits per heavy atom. The van der Waals surface area contributed by atoms with Crippen LogP contribution in [0, 0.1) is 0 Å². The molecule has 0 radical (unpaired) electrons. The maximum Gasteiger partial charge on any atom is 0.253 e. The van der Waals surface area contributed by atoms with Crippen LogP contribution >= 0.6 is 11.3 Å². The molecule has 6 heteroatoms. The van der Waals surface area contributed by atoms with E-state index in [0.29, 0.717) is 24.2 Å². The summed E-state index contributed by atoms with van der Waals surface area (Å²) in [5.74, 6) is -0.325. The predicted molar refractivity (Wildman–Crippen MR) is 94.4 cm³/mol. The molecule has 126 valence electrons. The molecule has 1 aliphatic rings. The Morgan fingerprint density at radius 1 is 1.21 bits per heavy atom. The maximum atomic E-state index is 12.4. The summed E-state index contributed by atoms with van der Waals surface area (Å²) in [6.07, 6.45) is 2.41. The number of rotatable bonds is 6. The Balaban J connectivity index is 1.61. The van der Waals surface area contributed by atoms with E-state index in [0.717, 1.165) is 24.3 Å². The summed E-state index contributed by atoms with van der Waals surface area (Å²) in [4.78, 5) is 25.6. The van der Waals surface area contributed by atoms with Crippen LogP contribution in [0.5, 0.6) is 0 Å². The fraction of sp³-hybridized carbons (Fsp3) is 0.333. The number of amides is 2. The molecule has 5 nitrogen and oxygen atoms in total. The van der Waals surface area contributed by atoms with Crippen molar-refractivity contribution in [3.8, 4) is 0 Å². The van der Waals surface area contributed by atoms with Gasteiger partial charge in [0.2, 0.25) is 5.91 Å². The van der Waals surface area contributed by atoms with E-state index in [1.165, 1.54) is 0 Å². The van der Waals surface area contributed by atoms with Crippen molar-refractivity contribution < 1.29 is 14.3 Å². The average Bonchev–Trinajstić information content (AvgIpc) is 3.26. The third-order valence-corrected chi connectivity index (χ3v) is 4.75. The fourth-order valence-electron chi connectivity index (χ4n) is 2.66. The highest BCUT2D eigenvalue weighted by atomic mass is 32.1. The van der Waals surface area contributed by atoms with Gasteiger partial charge in [0.1, 0.15) is 0 Å². The minimum Gasteiger partial charge on any atom is -0.376 e. The van der Waals surface area contributed by atoms with Crippen molar-refractivity contribution in [1.29, 1.82) is 0 Å². The van der Waals surface area contributed by atoms with E-state index in [-0.39, 0.29) is 17.9 Å². The average molecular weight is 344 g/mol. The third-order valence-electron chi connectivity index (χ3n) is 3.87. The van der Waals surface area contributed by atoms with E-state index in [2.05, 4.69) is 10.6 Å². The Hall–Kier alpha value is -2.18. The van der Waals surface area contributed by atoms with Gasteiger partial charge in [-0.05, 0) is 36.4 Å². The zero-order chi connectivity index (χ0) is 16.8. The minimum atomic E-state index is -0.197. The van der Waals surface area contributed by atoms with Crippen molar-refractivity contribution >= 4 is 28.8 Å². The molecule has 1 saturated heterocycles. The number of carbonyl (C=O) groups is 2. The maximum absolute atomic E-state index is 12.4. The van der Waals surface area contributed by atoms with Crippen LogP contribution in [0.15, 0.2) is 41.8 Å². The molecule has 1 atom stereocenters. The Morgan fingerprint density at radius 3 is 2.83 bits per heavy atom. The number of thiophene rings is 1. The van der Waals surface area contributed by atoms with Crippen LogP contribution in [0.4, 0.5) is 5.69 Å². The van der Waals surface area contributed by atoms with Crippen LogP contribution in [-0.2, 0) is 16.0 Å². The molecule has 0 spiro atoms. The Bertz CT molecular complexity index is 694. The molecule has 24 heavy (non-hydrogen) atoms. The first-order valence-electron chi connectivity index (χ1n) is 8.03. The van der Waals surface area contributed by atoms with Crippen LogP contribution in [0.1, 0.15) is 28.1 Å². The van der Waals surface area contributed by atoms with E-state index in [9.17, 15) is 9.59 Å². The quantitative estimate of drug-likeness (QED) is 0.847. The van der Waals surface area contributed by atoms with Gasteiger partial charge in [-0.25, -0.2) is 0 Å². The van der Waals surface area contributed by atoms with Gasteiger partial charge in [-0.15, -0.1) is 11.3 Å². The lowest BCUT2D eigenvalue weighted by molar-refractivity contribution is -0.115. The van der Waals surface area contributed by atoms with Crippen molar-refractivity contribution in [2.75, 3.05) is 18.5 Å². The van der Waals surface area contributed by atoms with Crippen molar-refractivity contribution in [2.24, 2.45) is 0 Å². The summed E-state index contributed by atoms with van der Waals surface area (Å²) in [6.45, 7) is 1.26. The number of carbonyl (C=O) groups excluding carboxylic acids is 2. The molecule has 2 heterocycles. The molecule has 0 aliphatic carbocycles. The molecule has 0 bridgehead atoms. The molecule has 1 unspecified atom stereocenters.